The molecule has 82 valence electrons. The van der Waals surface area contributed by atoms with Crippen LogP contribution in [0.4, 0.5) is 4.39 Å². The molecule has 0 saturated heterocycles. The van der Waals surface area contributed by atoms with Crippen LogP contribution in [0.25, 0.3) is 0 Å². The van der Waals surface area contributed by atoms with Crippen LogP contribution in [0.1, 0.15) is 0 Å². The van der Waals surface area contributed by atoms with Gasteiger partial charge in [0.2, 0.25) is 5.88 Å². The number of ether oxygens (including phenoxy) is 1. The van der Waals surface area contributed by atoms with Gasteiger partial charge in [0.25, 0.3) is 0 Å². The van der Waals surface area contributed by atoms with Crippen molar-refractivity contribution < 1.29 is 9.13 Å². The normalized spacial score (nSPS) is 10.2. The fraction of sp³-hybridized carbons (Fsp3) is 0. The van der Waals surface area contributed by atoms with Crippen molar-refractivity contribution in [1.82, 2.24) is 10.2 Å². The second-order valence-electron chi connectivity index (χ2n) is 2.87. The van der Waals surface area contributed by atoms with E-state index in [1.165, 1.54) is 6.07 Å². The predicted molar refractivity (Wildman–Crippen MR) is 61.2 cm³/mol. The Labute approximate surface area is 104 Å². The summed E-state index contributed by atoms with van der Waals surface area (Å²) in [5.74, 6) is 0.197. The van der Waals surface area contributed by atoms with E-state index >= 15 is 0 Å². The maximum atomic E-state index is 13.2. The van der Waals surface area contributed by atoms with Crippen molar-refractivity contribution in [3.05, 3.63) is 45.8 Å². The third-order valence-corrected chi connectivity index (χ3v) is 2.57. The molecular weight excluding hydrogens is 298 g/mol. The van der Waals surface area contributed by atoms with Gasteiger partial charge in [-0.3, -0.25) is 0 Å². The minimum absolute atomic E-state index is 0.256. The van der Waals surface area contributed by atoms with E-state index in [4.69, 9.17) is 16.3 Å². The summed E-state index contributed by atoms with van der Waals surface area (Å²) >= 11 is 8.61. The second kappa shape index (κ2) is 4.76. The Morgan fingerprint density at radius 1 is 1.19 bits per heavy atom. The van der Waals surface area contributed by atoms with Crippen LogP contribution < -0.4 is 4.74 Å². The van der Waals surface area contributed by atoms with E-state index < -0.39 is 5.82 Å². The summed E-state index contributed by atoms with van der Waals surface area (Å²) < 4.78 is 18.8. The molecule has 0 amide bonds. The highest BCUT2D eigenvalue weighted by Crippen LogP contribution is 2.24. The van der Waals surface area contributed by atoms with Gasteiger partial charge in [-0.25, -0.2) is 4.39 Å². The molecule has 2 aromatic rings. The second-order valence-corrected chi connectivity index (χ2v) is 4.11. The SMILES string of the molecule is Fc1cc(Oc2ccc(Cl)nn2)ccc1Br. The summed E-state index contributed by atoms with van der Waals surface area (Å²) in [6.45, 7) is 0. The zero-order chi connectivity index (χ0) is 11.5. The van der Waals surface area contributed by atoms with Gasteiger partial charge in [-0.1, -0.05) is 11.6 Å². The van der Waals surface area contributed by atoms with Crippen LogP contribution in [0.3, 0.4) is 0 Å². The zero-order valence-corrected chi connectivity index (χ0v) is 10.2. The maximum absolute atomic E-state index is 13.2. The fourth-order valence-corrected chi connectivity index (χ4v) is 1.37. The van der Waals surface area contributed by atoms with Crippen LogP contribution in [-0.4, -0.2) is 10.2 Å². The Morgan fingerprint density at radius 3 is 2.62 bits per heavy atom. The third-order valence-electron chi connectivity index (χ3n) is 1.72. The van der Waals surface area contributed by atoms with Crippen LogP contribution in [0, 0.1) is 5.82 Å². The average Bonchev–Trinajstić information content (AvgIpc) is 2.27. The number of rotatable bonds is 2. The molecule has 6 heteroatoms. The lowest BCUT2D eigenvalue weighted by molar-refractivity contribution is 0.450. The molecule has 0 fully saturated rings. The maximum Gasteiger partial charge on any atom is 0.238 e. The molecule has 0 unspecified atom stereocenters. The number of hydrogen-bond donors (Lipinski definition) is 0. The van der Waals surface area contributed by atoms with Crippen molar-refractivity contribution in [1.29, 1.82) is 0 Å². The standard InChI is InChI=1S/C10H5BrClFN2O/c11-7-2-1-6(5-8(7)13)16-10-4-3-9(12)14-15-10/h1-5H. The molecule has 0 N–H and O–H groups in total. The van der Waals surface area contributed by atoms with E-state index in [9.17, 15) is 4.39 Å². The molecule has 0 bridgehead atoms. The van der Waals surface area contributed by atoms with Crippen molar-refractivity contribution >= 4 is 27.5 Å². The molecule has 0 spiro atoms. The van der Waals surface area contributed by atoms with Crippen molar-refractivity contribution in [3.63, 3.8) is 0 Å². The highest BCUT2D eigenvalue weighted by Gasteiger charge is 2.03. The average molecular weight is 304 g/mol. The van der Waals surface area contributed by atoms with E-state index in [1.54, 1.807) is 24.3 Å². The summed E-state index contributed by atoms with van der Waals surface area (Å²) in [5.41, 5.74) is 0. The molecule has 0 aliphatic rings. The molecule has 16 heavy (non-hydrogen) atoms. The largest absolute Gasteiger partial charge is 0.437 e. The van der Waals surface area contributed by atoms with Gasteiger partial charge in [-0.15, -0.1) is 10.2 Å². The fourth-order valence-electron chi connectivity index (χ4n) is 1.02. The van der Waals surface area contributed by atoms with Gasteiger partial charge in [-0.05, 0) is 34.1 Å². The first-order valence-electron chi connectivity index (χ1n) is 4.27. The van der Waals surface area contributed by atoms with E-state index in [-0.39, 0.29) is 11.0 Å². The summed E-state index contributed by atoms with van der Waals surface area (Å²) in [4.78, 5) is 0. The minimum Gasteiger partial charge on any atom is -0.437 e. The highest BCUT2D eigenvalue weighted by molar-refractivity contribution is 9.10. The Kier molecular flexibility index (Phi) is 3.36. The lowest BCUT2D eigenvalue weighted by Gasteiger charge is -2.04. The van der Waals surface area contributed by atoms with Gasteiger partial charge in [0.15, 0.2) is 5.15 Å². The number of hydrogen-bond acceptors (Lipinski definition) is 3. The summed E-state index contributed by atoms with van der Waals surface area (Å²) in [6.07, 6.45) is 0. The van der Waals surface area contributed by atoms with Crippen molar-refractivity contribution in [3.8, 4) is 11.6 Å². The summed E-state index contributed by atoms with van der Waals surface area (Å²) in [7, 11) is 0. The highest BCUT2D eigenvalue weighted by atomic mass is 79.9. The third kappa shape index (κ3) is 2.68. The Balaban J connectivity index is 2.20. The topological polar surface area (TPSA) is 35.0 Å². The smallest absolute Gasteiger partial charge is 0.238 e. The van der Waals surface area contributed by atoms with Crippen LogP contribution in [0.5, 0.6) is 11.6 Å². The molecule has 0 aliphatic carbocycles. The van der Waals surface area contributed by atoms with Crippen molar-refractivity contribution in [2.75, 3.05) is 0 Å². The molecule has 1 aromatic heterocycles. The lowest BCUT2D eigenvalue weighted by Crippen LogP contribution is -1.90. The number of nitrogens with zero attached hydrogens (tertiary/aromatic N) is 2. The number of aromatic nitrogens is 2. The summed E-state index contributed by atoms with van der Waals surface area (Å²) in [5, 5.41) is 7.56. The molecule has 1 heterocycles. The van der Waals surface area contributed by atoms with Crippen LogP contribution >= 0.6 is 27.5 Å². The molecule has 1 aromatic carbocycles. The Bertz CT molecular complexity index is 507. The van der Waals surface area contributed by atoms with Crippen LogP contribution in [0.15, 0.2) is 34.8 Å². The Hall–Kier alpha value is -1.20. The minimum atomic E-state index is -0.403. The van der Waals surface area contributed by atoms with E-state index in [0.717, 1.165) is 0 Å². The van der Waals surface area contributed by atoms with E-state index in [2.05, 4.69) is 26.1 Å². The molecular formula is C10H5BrClFN2O. The Morgan fingerprint density at radius 2 is 2.00 bits per heavy atom. The molecule has 0 atom stereocenters. The van der Waals surface area contributed by atoms with Crippen molar-refractivity contribution in [2.45, 2.75) is 0 Å². The van der Waals surface area contributed by atoms with Crippen molar-refractivity contribution in [2.24, 2.45) is 0 Å². The summed E-state index contributed by atoms with van der Waals surface area (Å²) in [6, 6.07) is 7.51. The quantitative estimate of drug-likeness (QED) is 0.846. The van der Waals surface area contributed by atoms with Gasteiger partial charge in [0.05, 0.1) is 4.47 Å². The van der Waals surface area contributed by atoms with Crippen LogP contribution in [0.2, 0.25) is 5.15 Å². The first-order valence-corrected chi connectivity index (χ1v) is 5.44. The number of halogens is 3. The van der Waals surface area contributed by atoms with E-state index in [1.807, 2.05) is 0 Å². The monoisotopic (exact) mass is 302 g/mol. The molecule has 3 nitrogen and oxygen atoms in total. The first kappa shape index (κ1) is 11.3. The first-order chi connectivity index (χ1) is 7.65. The van der Waals surface area contributed by atoms with Gasteiger partial charge in [0, 0.05) is 12.1 Å². The molecule has 0 radical (unpaired) electrons. The molecule has 0 aliphatic heterocycles. The molecule has 2 rings (SSSR count). The molecule has 0 saturated carbocycles. The van der Waals surface area contributed by atoms with Gasteiger partial charge in [0.1, 0.15) is 11.6 Å². The van der Waals surface area contributed by atoms with E-state index in [0.29, 0.717) is 10.2 Å². The lowest BCUT2D eigenvalue weighted by atomic mass is 10.3. The zero-order valence-electron chi connectivity index (χ0n) is 7.82. The van der Waals surface area contributed by atoms with Gasteiger partial charge >= 0.3 is 0 Å². The van der Waals surface area contributed by atoms with Gasteiger partial charge in [-0.2, -0.15) is 0 Å². The predicted octanol–water partition coefficient (Wildman–Crippen LogP) is 3.82. The number of benzene rings is 1. The van der Waals surface area contributed by atoms with Gasteiger partial charge < -0.3 is 4.74 Å². The van der Waals surface area contributed by atoms with Crippen LogP contribution in [-0.2, 0) is 0 Å².